The summed E-state index contributed by atoms with van der Waals surface area (Å²) in [6.45, 7) is 0. The standard InChI is InChI=1S/CHNS.2Pb.4H/c2-1-3;;;;;;/h3H;;;;;;. The van der Waals surface area contributed by atoms with E-state index in [0.717, 1.165) is 0 Å². The van der Waals surface area contributed by atoms with E-state index in [1.54, 1.807) is 0 Å². The maximum atomic E-state index is 7.18. The second-order valence-electron chi connectivity index (χ2n) is 0.100. The van der Waals surface area contributed by atoms with Gasteiger partial charge in [-0.05, 0) is 0 Å². The summed E-state index contributed by atoms with van der Waals surface area (Å²) in [4.78, 5) is 0. The van der Waals surface area contributed by atoms with Crippen molar-refractivity contribution in [2.45, 2.75) is 0 Å². The molecule has 0 amide bonds. The van der Waals surface area contributed by atoms with E-state index in [1.165, 1.54) is 5.40 Å². The van der Waals surface area contributed by atoms with E-state index in [-0.39, 0.29) is 54.6 Å². The van der Waals surface area contributed by atoms with Crippen molar-refractivity contribution in [3.05, 3.63) is 0 Å². The molecule has 0 aliphatic heterocycles. The topological polar surface area (TPSA) is 23.8 Å². The van der Waals surface area contributed by atoms with Crippen LogP contribution in [-0.2, 0) is 0 Å². The van der Waals surface area contributed by atoms with Gasteiger partial charge in [0, 0.05) is 0 Å². The van der Waals surface area contributed by atoms with Crippen molar-refractivity contribution in [3.8, 4) is 5.40 Å². The average molecular weight is 478 g/mol. The number of hydrogen-bond donors (Lipinski definition) is 1. The summed E-state index contributed by atoms with van der Waals surface area (Å²) < 4.78 is 0. The third-order valence-electron chi connectivity index (χ3n) is 0. The zero-order valence-electron chi connectivity index (χ0n) is 2.81. The van der Waals surface area contributed by atoms with Crippen molar-refractivity contribution < 1.29 is 0 Å². The van der Waals surface area contributed by atoms with Gasteiger partial charge in [0.25, 0.3) is 0 Å². The van der Waals surface area contributed by atoms with Crippen molar-refractivity contribution in [2.75, 3.05) is 0 Å². The number of hydrogen-bond acceptors (Lipinski definition) is 2. The molecular weight excluding hydrogens is 472 g/mol. The van der Waals surface area contributed by atoms with Crippen LogP contribution in [0.15, 0.2) is 0 Å². The molecule has 0 saturated carbocycles. The quantitative estimate of drug-likeness (QED) is 0.258. The fourth-order valence-electron chi connectivity index (χ4n) is 0. The van der Waals surface area contributed by atoms with Gasteiger partial charge in [0.15, 0.2) is 0 Å². The number of thiol groups is 1. The van der Waals surface area contributed by atoms with Gasteiger partial charge < -0.3 is 0 Å². The number of nitriles is 1. The van der Waals surface area contributed by atoms with Gasteiger partial charge in [-0.15, -0.1) is 0 Å². The van der Waals surface area contributed by atoms with Crippen LogP contribution in [0.5, 0.6) is 0 Å². The fraction of sp³-hybridized carbons (Fsp3) is 0. The van der Waals surface area contributed by atoms with E-state index in [1.807, 2.05) is 0 Å². The maximum absolute atomic E-state index is 7.18. The number of thiocyanates is 1. The molecule has 4 radical (unpaired) electrons. The predicted molar refractivity (Wildman–Crippen MR) is 31.7 cm³/mol. The first-order chi connectivity index (χ1) is 1.41. The molecule has 0 fully saturated rings. The third-order valence-corrected chi connectivity index (χ3v) is 0. The van der Waals surface area contributed by atoms with Crippen molar-refractivity contribution in [2.24, 2.45) is 0 Å². The molecule has 4 heteroatoms. The molecule has 0 aromatic heterocycles. The zero-order valence-corrected chi connectivity index (χ0v) is 14.7. The van der Waals surface area contributed by atoms with Gasteiger partial charge in [-0.1, -0.05) is 12.6 Å². The Morgan fingerprint density at radius 1 is 1.40 bits per heavy atom. The minimum atomic E-state index is 0. The summed E-state index contributed by atoms with van der Waals surface area (Å²) in [6.07, 6.45) is 0. The predicted octanol–water partition coefficient (Wildman–Crippen LogP) is -1.44. The van der Waals surface area contributed by atoms with E-state index in [2.05, 4.69) is 12.6 Å². The second-order valence-corrected chi connectivity index (χ2v) is 0.300. The van der Waals surface area contributed by atoms with E-state index >= 15 is 0 Å². The normalized spacial score (nSPS) is 1.60. The molecule has 28 valence electrons. The molecular formula is CH5NPb2S. The molecule has 0 aliphatic carbocycles. The molecule has 0 saturated heterocycles. The molecule has 0 aliphatic rings. The summed E-state index contributed by atoms with van der Waals surface area (Å²) in [7, 11) is 0. The molecule has 0 heterocycles. The first kappa shape index (κ1) is 15.9. The summed E-state index contributed by atoms with van der Waals surface area (Å²) in [6, 6.07) is 0. The van der Waals surface area contributed by atoms with Gasteiger partial charge in [-0.25, -0.2) is 0 Å². The van der Waals surface area contributed by atoms with Crippen molar-refractivity contribution in [1.82, 2.24) is 0 Å². The average Bonchev–Trinajstić information content (AvgIpc) is 0.918. The summed E-state index contributed by atoms with van der Waals surface area (Å²) in [5.41, 5.74) is 0. The molecule has 0 unspecified atom stereocenters. The van der Waals surface area contributed by atoms with Crippen LogP contribution in [0.1, 0.15) is 0 Å². The SMILES string of the molecule is N#CS.[PbH2].[PbH2]. The monoisotopic (exact) mass is 479 g/mol. The molecule has 0 spiro atoms. The van der Waals surface area contributed by atoms with Gasteiger partial charge in [0.2, 0.25) is 0 Å². The Labute approximate surface area is 76.9 Å². The molecule has 0 bridgehead atoms. The van der Waals surface area contributed by atoms with Crippen LogP contribution in [0.4, 0.5) is 0 Å². The van der Waals surface area contributed by atoms with E-state index in [0.29, 0.717) is 0 Å². The van der Waals surface area contributed by atoms with Gasteiger partial charge in [0.05, 0.1) is 0 Å². The molecule has 0 aromatic carbocycles. The fourth-order valence-corrected chi connectivity index (χ4v) is 0. The Hall–Kier alpha value is 1.68. The van der Waals surface area contributed by atoms with Crippen molar-refractivity contribution in [3.63, 3.8) is 0 Å². The van der Waals surface area contributed by atoms with Gasteiger partial charge in [-0.2, -0.15) is 5.26 Å². The van der Waals surface area contributed by atoms with Crippen LogP contribution in [0.3, 0.4) is 0 Å². The molecule has 0 rings (SSSR count). The minimum absolute atomic E-state index is 0. The van der Waals surface area contributed by atoms with Crippen molar-refractivity contribution in [1.29, 1.82) is 5.26 Å². The first-order valence-electron chi connectivity index (χ1n) is 0.447. The van der Waals surface area contributed by atoms with Crippen LogP contribution >= 0.6 is 12.6 Å². The molecule has 5 heavy (non-hydrogen) atoms. The summed E-state index contributed by atoms with van der Waals surface area (Å²) >= 11 is 3.09. The van der Waals surface area contributed by atoms with Crippen LogP contribution in [-0.4, -0.2) is 54.6 Å². The Kier molecular flexibility index (Phi) is 55.1. The molecule has 0 atom stereocenters. The van der Waals surface area contributed by atoms with Crippen LogP contribution in [0.2, 0.25) is 0 Å². The third kappa shape index (κ3) is 27.2. The Morgan fingerprint density at radius 2 is 1.40 bits per heavy atom. The summed E-state index contributed by atoms with van der Waals surface area (Å²) in [5.74, 6) is 0. The first-order valence-corrected chi connectivity index (χ1v) is 0.894. The van der Waals surface area contributed by atoms with E-state index in [9.17, 15) is 0 Å². The Morgan fingerprint density at radius 3 is 1.40 bits per heavy atom. The van der Waals surface area contributed by atoms with Gasteiger partial charge in [0.1, 0.15) is 5.40 Å². The molecule has 0 N–H and O–H groups in total. The molecule has 1 nitrogen and oxygen atoms in total. The zero-order chi connectivity index (χ0) is 2.71. The molecule has 0 aromatic rings. The number of nitrogens with zero attached hydrogens (tertiary/aromatic N) is 1. The van der Waals surface area contributed by atoms with E-state index < -0.39 is 0 Å². The van der Waals surface area contributed by atoms with E-state index in [4.69, 9.17) is 5.26 Å². The summed E-state index contributed by atoms with van der Waals surface area (Å²) in [5, 5.41) is 8.63. The van der Waals surface area contributed by atoms with Gasteiger partial charge in [-0.3, -0.25) is 0 Å². The second kappa shape index (κ2) is 17.3. The van der Waals surface area contributed by atoms with Crippen molar-refractivity contribution >= 4 is 67.2 Å². The van der Waals surface area contributed by atoms with Gasteiger partial charge >= 0.3 is 54.6 Å². The van der Waals surface area contributed by atoms with Crippen LogP contribution < -0.4 is 0 Å². The number of rotatable bonds is 0. The Bertz CT molecular complexity index is 31.1. The Balaban J connectivity index is -0.0000000200. The van der Waals surface area contributed by atoms with Crippen LogP contribution in [0.25, 0.3) is 0 Å². The van der Waals surface area contributed by atoms with Crippen LogP contribution in [0, 0.1) is 10.7 Å².